The van der Waals surface area contributed by atoms with E-state index < -0.39 is 0 Å². The van der Waals surface area contributed by atoms with E-state index in [9.17, 15) is 4.79 Å². The van der Waals surface area contributed by atoms with Crippen molar-refractivity contribution in [3.63, 3.8) is 0 Å². The number of carbonyl (C=O) groups excluding carboxylic acids is 1. The smallest absolute Gasteiger partial charge is 0.161 e. The lowest BCUT2D eigenvalue weighted by Gasteiger charge is -2.37. The Morgan fingerprint density at radius 3 is 2.92 bits per heavy atom. The molecule has 0 N–H and O–H groups in total. The summed E-state index contributed by atoms with van der Waals surface area (Å²) in [7, 11) is 0. The number of carbonyl (C=O) groups is 1. The van der Waals surface area contributed by atoms with Crippen molar-refractivity contribution in [2.24, 2.45) is 5.92 Å². The zero-order valence-corrected chi connectivity index (χ0v) is 7.64. The zero-order chi connectivity index (χ0) is 8.60. The van der Waals surface area contributed by atoms with Gasteiger partial charge in [0.2, 0.25) is 0 Å². The summed E-state index contributed by atoms with van der Waals surface area (Å²) in [6.07, 6.45) is 5.54. The molecule has 1 saturated carbocycles. The monoisotopic (exact) mass is 168 g/mol. The van der Waals surface area contributed by atoms with E-state index in [1.807, 2.05) is 0 Å². The molecule has 0 amide bonds. The molecule has 2 aliphatic rings. The largest absolute Gasteiger partial charge is 0.366 e. The Balaban J connectivity index is 2.12. The topological polar surface area (TPSA) is 26.3 Å². The van der Waals surface area contributed by atoms with Crippen LogP contribution < -0.4 is 0 Å². The van der Waals surface area contributed by atoms with Gasteiger partial charge in [-0.3, -0.25) is 4.79 Å². The number of ether oxygens (including phenoxy) is 1. The van der Waals surface area contributed by atoms with Crippen molar-refractivity contribution in [1.82, 2.24) is 0 Å². The van der Waals surface area contributed by atoms with Crippen LogP contribution in [0.3, 0.4) is 0 Å². The third-order valence-corrected chi connectivity index (χ3v) is 3.40. The van der Waals surface area contributed by atoms with Gasteiger partial charge in [-0.15, -0.1) is 0 Å². The first kappa shape index (κ1) is 8.24. The second-order valence-corrected chi connectivity index (χ2v) is 4.22. The first-order valence-electron chi connectivity index (χ1n) is 4.89. The van der Waals surface area contributed by atoms with Crippen molar-refractivity contribution in [2.45, 2.75) is 44.6 Å². The maximum absolute atomic E-state index is 11.1. The average molecular weight is 168 g/mol. The summed E-state index contributed by atoms with van der Waals surface area (Å²) in [4.78, 5) is 11.1. The molecule has 0 aromatic heterocycles. The normalized spacial score (nSPS) is 42.4. The molecule has 12 heavy (non-hydrogen) atoms. The van der Waals surface area contributed by atoms with Crippen molar-refractivity contribution >= 4 is 5.78 Å². The van der Waals surface area contributed by atoms with Gasteiger partial charge in [-0.25, -0.2) is 0 Å². The Hall–Kier alpha value is -0.370. The number of rotatable bonds is 0. The molecule has 2 nitrogen and oxygen atoms in total. The highest BCUT2D eigenvalue weighted by Crippen LogP contribution is 2.42. The van der Waals surface area contributed by atoms with E-state index in [0.717, 1.165) is 6.42 Å². The highest BCUT2D eigenvalue weighted by atomic mass is 16.5. The Morgan fingerprint density at radius 1 is 1.50 bits per heavy atom. The van der Waals surface area contributed by atoms with E-state index in [2.05, 4.69) is 6.92 Å². The summed E-state index contributed by atoms with van der Waals surface area (Å²) in [6.45, 7) is 2.59. The molecule has 68 valence electrons. The van der Waals surface area contributed by atoms with Gasteiger partial charge in [0.25, 0.3) is 0 Å². The first-order valence-corrected chi connectivity index (χ1v) is 4.89. The molecular weight excluding hydrogens is 152 g/mol. The van der Waals surface area contributed by atoms with E-state index in [1.165, 1.54) is 19.3 Å². The van der Waals surface area contributed by atoms with Crippen LogP contribution in [0.4, 0.5) is 0 Å². The van der Waals surface area contributed by atoms with E-state index in [-0.39, 0.29) is 5.60 Å². The molecule has 2 unspecified atom stereocenters. The SMILES string of the molecule is CC1CCCCC12CC(=O)CO2. The molecule has 1 saturated heterocycles. The Bertz CT molecular complexity index is 200. The fourth-order valence-electron chi connectivity index (χ4n) is 2.52. The fourth-order valence-corrected chi connectivity index (χ4v) is 2.52. The van der Waals surface area contributed by atoms with Crippen molar-refractivity contribution in [2.75, 3.05) is 6.61 Å². The highest BCUT2D eigenvalue weighted by molar-refractivity contribution is 5.82. The van der Waals surface area contributed by atoms with Gasteiger partial charge in [-0.2, -0.15) is 0 Å². The number of Topliss-reactive ketones (excluding diaryl/α,β-unsaturated/α-hetero) is 1. The molecule has 2 rings (SSSR count). The predicted molar refractivity (Wildman–Crippen MR) is 45.9 cm³/mol. The van der Waals surface area contributed by atoms with Crippen molar-refractivity contribution in [3.8, 4) is 0 Å². The van der Waals surface area contributed by atoms with Gasteiger partial charge >= 0.3 is 0 Å². The maximum Gasteiger partial charge on any atom is 0.161 e. The molecule has 0 radical (unpaired) electrons. The molecule has 2 heteroatoms. The molecule has 1 aliphatic heterocycles. The second kappa shape index (κ2) is 2.84. The molecular formula is C10H16O2. The number of hydrogen-bond acceptors (Lipinski definition) is 2. The lowest BCUT2D eigenvalue weighted by Crippen LogP contribution is -2.38. The molecule has 1 heterocycles. The number of hydrogen-bond donors (Lipinski definition) is 0. The zero-order valence-electron chi connectivity index (χ0n) is 7.64. The third-order valence-electron chi connectivity index (χ3n) is 3.40. The molecule has 1 aliphatic carbocycles. The molecule has 0 aromatic rings. The van der Waals surface area contributed by atoms with Crippen LogP contribution in [0.1, 0.15) is 39.0 Å². The van der Waals surface area contributed by atoms with Crippen molar-refractivity contribution < 1.29 is 9.53 Å². The van der Waals surface area contributed by atoms with Crippen LogP contribution in [0.25, 0.3) is 0 Å². The highest BCUT2D eigenvalue weighted by Gasteiger charge is 2.44. The maximum atomic E-state index is 11.1. The van der Waals surface area contributed by atoms with E-state index in [4.69, 9.17) is 4.74 Å². The van der Waals surface area contributed by atoms with E-state index in [0.29, 0.717) is 24.7 Å². The van der Waals surface area contributed by atoms with Gasteiger partial charge in [-0.1, -0.05) is 19.8 Å². The average Bonchev–Trinajstić information content (AvgIpc) is 2.41. The molecule has 0 aromatic carbocycles. The van der Waals surface area contributed by atoms with Crippen molar-refractivity contribution in [1.29, 1.82) is 0 Å². The quantitative estimate of drug-likeness (QED) is 0.552. The Kier molecular flexibility index (Phi) is 1.95. The van der Waals surface area contributed by atoms with Gasteiger partial charge < -0.3 is 4.74 Å². The molecule has 0 bridgehead atoms. The summed E-state index contributed by atoms with van der Waals surface area (Å²) in [6, 6.07) is 0. The summed E-state index contributed by atoms with van der Waals surface area (Å²) in [5.41, 5.74) is -0.0463. The van der Waals surface area contributed by atoms with Crippen LogP contribution in [0, 0.1) is 5.92 Å². The fraction of sp³-hybridized carbons (Fsp3) is 0.900. The van der Waals surface area contributed by atoms with Gasteiger partial charge in [0.15, 0.2) is 5.78 Å². The van der Waals surface area contributed by atoms with Crippen LogP contribution >= 0.6 is 0 Å². The van der Waals surface area contributed by atoms with Crippen LogP contribution in [0.2, 0.25) is 0 Å². The second-order valence-electron chi connectivity index (χ2n) is 4.22. The van der Waals surface area contributed by atoms with Crippen LogP contribution in [-0.4, -0.2) is 18.0 Å². The minimum absolute atomic E-state index is 0.0463. The standard InChI is InChI=1S/C10H16O2/c1-8-4-2-3-5-10(8)6-9(11)7-12-10/h8H,2-7H2,1H3. The van der Waals surface area contributed by atoms with Crippen molar-refractivity contribution in [3.05, 3.63) is 0 Å². The molecule has 2 fully saturated rings. The summed E-state index contributed by atoms with van der Waals surface area (Å²) >= 11 is 0. The van der Waals surface area contributed by atoms with Gasteiger partial charge in [0.05, 0.1) is 5.60 Å². The van der Waals surface area contributed by atoms with E-state index >= 15 is 0 Å². The van der Waals surface area contributed by atoms with Gasteiger partial charge in [-0.05, 0) is 18.8 Å². The summed E-state index contributed by atoms with van der Waals surface area (Å²) in [5, 5.41) is 0. The lowest BCUT2D eigenvalue weighted by molar-refractivity contribution is -0.118. The Labute approximate surface area is 73.3 Å². The van der Waals surface area contributed by atoms with Gasteiger partial charge in [0.1, 0.15) is 6.61 Å². The summed E-state index contributed by atoms with van der Waals surface area (Å²) < 4.78 is 5.66. The summed E-state index contributed by atoms with van der Waals surface area (Å²) in [5.74, 6) is 0.876. The lowest BCUT2D eigenvalue weighted by atomic mass is 9.75. The van der Waals surface area contributed by atoms with Crippen LogP contribution in [-0.2, 0) is 9.53 Å². The van der Waals surface area contributed by atoms with Crippen LogP contribution in [0.15, 0.2) is 0 Å². The molecule has 2 atom stereocenters. The first-order chi connectivity index (χ1) is 5.73. The predicted octanol–water partition coefficient (Wildman–Crippen LogP) is 1.92. The van der Waals surface area contributed by atoms with Crippen LogP contribution in [0.5, 0.6) is 0 Å². The Morgan fingerprint density at radius 2 is 2.33 bits per heavy atom. The van der Waals surface area contributed by atoms with Gasteiger partial charge in [0, 0.05) is 6.42 Å². The third kappa shape index (κ3) is 1.18. The minimum Gasteiger partial charge on any atom is -0.366 e. The minimum atomic E-state index is -0.0463. The van der Waals surface area contributed by atoms with E-state index in [1.54, 1.807) is 0 Å². The molecule has 1 spiro atoms. The number of ketones is 1.